The van der Waals surface area contributed by atoms with E-state index in [9.17, 15) is 14.0 Å². The molecule has 136 valence electrons. The highest BCUT2D eigenvalue weighted by molar-refractivity contribution is 5.76. The van der Waals surface area contributed by atoms with Crippen molar-refractivity contribution in [3.63, 3.8) is 0 Å². The molecule has 1 aliphatic carbocycles. The highest BCUT2D eigenvalue weighted by Gasteiger charge is 2.29. The van der Waals surface area contributed by atoms with Gasteiger partial charge >= 0.3 is 6.61 Å². The molecule has 0 aromatic heterocycles. The molecule has 1 saturated carbocycles. The number of hydrogen-bond acceptors (Lipinski definition) is 3. The van der Waals surface area contributed by atoms with Crippen LogP contribution in [0, 0.1) is 17.8 Å². The SMILES string of the molecule is CN(O)/C(N)=N\C(C)(CCc1ccc(C#CC2CC2)cc1)OC(F)F. The van der Waals surface area contributed by atoms with Crippen molar-refractivity contribution in [1.29, 1.82) is 0 Å². The van der Waals surface area contributed by atoms with Crippen LogP contribution in [0.25, 0.3) is 0 Å². The van der Waals surface area contributed by atoms with Gasteiger partial charge in [0.1, 0.15) is 0 Å². The third-order valence-corrected chi connectivity index (χ3v) is 3.86. The summed E-state index contributed by atoms with van der Waals surface area (Å²) in [6.45, 7) is -1.59. The zero-order chi connectivity index (χ0) is 18.4. The van der Waals surface area contributed by atoms with Gasteiger partial charge < -0.3 is 5.73 Å². The zero-order valence-corrected chi connectivity index (χ0v) is 14.4. The highest BCUT2D eigenvalue weighted by Crippen LogP contribution is 2.27. The Balaban J connectivity index is 2.01. The van der Waals surface area contributed by atoms with Gasteiger partial charge in [0.05, 0.1) is 0 Å². The molecule has 7 heteroatoms. The molecule has 1 aromatic rings. The molecule has 1 aromatic carbocycles. The molecule has 0 heterocycles. The molecule has 0 radical (unpaired) electrons. The summed E-state index contributed by atoms with van der Waals surface area (Å²) in [4.78, 5) is 3.88. The molecule has 1 unspecified atom stereocenters. The number of nitrogens with zero attached hydrogens (tertiary/aromatic N) is 2. The summed E-state index contributed by atoms with van der Waals surface area (Å²) in [5, 5.41) is 9.81. The predicted octanol–water partition coefficient (Wildman–Crippen LogP) is 2.97. The Bertz CT molecular complexity index is 661. The topological polar surface area (TPSA) is 71.1 Å². The number of aryl methyl sites for hydroxylation is 1. The van der Waals surface area contributed by atoms with E-state index in [2.05, 4.69) is 21.6 Å². The molecule has 1 aliphatic rings. The number of benzene rings is 1. The standard InChI is InChI=1S/C18H23F2N3O2/c1-18(25-16(19)20,22-17(21)23(2)24)12-11-15-9-7-14(8-10-15)6-5-13-3-4-13/h7-10,13,16,24H,3-4,11-12H2,1-2H3,(H2,21,22). The van der Waals surface area contributed by atoms with Crippen molar-refractivity contribution in [3.8, 4) is 11.8 Å². The van der Waals surface area contributed by atoms with E-state index in [1.54, 1.807) is 0 Å². The fraction of sp³-hybridized carbons (Fsp3) is 0.500. The van der Waals surface area contributed by atoms with Crippen LogP contribution in [0.15, 0.2) is 29.3 Å². The minimum absolute atomic E-state index is 0.180. The second kappa shape index (κ2) is 8.28. The summed E-state index contributed by atoms with van der Waals surface area (Å²) in [6.07, 6.45) is 3.01. The second-order valence-corrected chi connectivity index (χ2v) is 6.29. The van der Waals surface area contributed by atoms with Crippen LogP contribution in [0.1, 0.15) is 37.3 Å². The van der Waals surface area contributed by atoms with E-state index >= 15 is 0 Å². The van der Waals surface area contributed by atoms with Gasteiger partial charge in [-0.15, -0.1) is 0 Å². The average molecular weight is 351 g/mol. The van der Waals surface area contributed by atoms with Gasteiger partial charge in [0.2, 0.25) is 5.96 Å². The molecule has 5 nitrogen and oxygen atoms in total. The van der Waals surface area contributed by atoms with Gasteiger partial charge in [-0.25, -0.2) is 10.1 Å². The molecule has 1 atom stereocenters. The normalized spacial score (nSPS) is 17.0. The van der Waals surface area contributed by atoms with Crippen molar-refractivity contribution in [2.75, 3.05) is 7.05 Å². The van der Waals surface area contributed by atoms with Gasteiger partial charge in [-0.1, -0.05) is 24.0 Å². The number of hydrogen-bond donors (Lipinski definition) is 2. The number of halogens is 2. The van der Waals surface area contributed by atoms with E-state index in [0.717, 1.165) is 11.1 Å². The number of nitrogens with two attached hydrogens (primary N) is 1. The quantitative estimate of drug-likeness (QED) is 0.358. The van der Waals surface area contributed by atoms with Crippen LogP contribution in [0.4, 0.5) is 8.78 Å². The largest absolute Gasteiger partial charge is 0.368 e. The summed E-state index contributed by atoms with van der Waals surface area (Å²) in [5.74, 6) is 6.56. The van der Waals surface area contributed by atoms with Gasteiger partial charge in [-0.3, -0.25) is 9.94 Å². The third kappa shape index (κ3) is 6.69. The molecule has 3 N–H and O–H groups in total. The van der Waals surface area contributed by atoms with Crippen LogP contribution >= 0.6 is 0 Å². The van der Waals surface area contributed by atoms with Crippen LogP contribution in [0.5, 0.6) is 0 Å². The minimum atomic E-state index is -2.99. The summed E-state index contributed by atoms with van der Waals surface area (Å²) in [5.41, 5.74) is 5.86. The molecular formula is C18H23F2N3O2. The number of guanidine groups is 1. The number of rotatable bonds is 6. The minimum Gasteiger partial charge on any atom is -0.368 e. The van der Waals surface area contributed by atoms with Crippen LogP contribution in [0.3, 0.4) is 0 Å². The number of aliphatic imine (C=N–C) groups is 1. The number of ether oxygens (including phenoxy) is 1. The summed E-state index contributed by atoms with van der Waals surface area (Å²) >= 11 is 0. The van der Waals surface area contributed by atoms with Crippen molar-refractivity contribution in [3.05, 3.63) is 35.4 Å². The lowest BCUT2D eigenvalue weighted by Gasteiger charge is -2.26. The first kappa shape index (κ1) is 19.2. The lowest BCUT2D eigenvalue weighted by atomic mass is 10.0. The molecule has 0 saturated heterocycles. The van der Waals surface area contributed by atoms with Crippen LogP contribution in [-0.2, 0) is 11.2 Å². The molecule has 0 amide bonds. The van der Waals surface area contributed by atoms with Gasteiger partial charge in [-0.05, 0) is 43.9 Å². The number of alkyl halides is 2. The molecular weight excluding hydrogens is 328 g/mol. The maximum absolute atomic E-state index is 12.7. The Hall–Kier alpha value is -2.17. The predicted molar refractivity (Wildman–Crippen MR) is 91.0 cm³/mol. The summed E-state index contributed by atoms with van der Waals surface area (Å²) < 4.78 is 30.0. The van der Waals surface area contributed by atoms with E-state index in [1.807, 2.05) is 24.3 Å². The summed E-state index contributed by atoms with van der Waals surface area (Å²) in [6, 6.07) is 7.64. The smallest absolute Gasteiger partial charge is 0.347 e. The fourth-order valence-corrected chi connectivity index (χ4v) is 2.19. The second-order valence-electron chi connectivity index (χ2n) is 6.29. The summed E-state index contributed by atoms with van der Waals surface area (Å²) in [7, 11) is 1.25. The first-order valence-electron chi connectivity index (χ1n) is 8.12. The van der Waals surface area contributed by atoms with E-state index in [0.29, 0.717) is 17.4 Å². The fourth-order valence-electron chi connectivity index (χ4n) is 2.19. The lowest BCUT2D eigenvalue weighted by molar-refractivity contribution is -0.202. The molecule has 1 fully saturated rings. The van der Waals surface area contributed by atoms with Gasteiger partial charge in [-0.2, -0.15) is 8.78 Å². The van der Waals surface area contributed by atoms with E-state index in [1.165, 1.54) is 26.8 Å². The Labute approximate surface area is 146 Å². The molecule has 0 bridgehead atoms. The van der Waals surface area contributed by atoms with E-state index in [-0.39, 0.29) is 12.4 Å². The van der Waals surface area contributed by atoms with Crippen molar-refractivity contribution >= 4 is 5.96 Å². The molecule has 0 aliphatic heterocycles. The number of hydroxylamine groups is 2. The Morgan fingerprint density at radius 3 is 2.60 bits per heavy atom. The highest BCUT2D eigenvalue weighted by atomic mass is 19.3. The van der Waals surface area contributed by atoms with Crippen LogP contribution in [0.2, 0.25) is 0 Å². The Kier molecular flexibility index (Phi) is 6.34. The van der Waals surface area contributed by atoms with Crippen molar-refractivity contribution < 1.29 is 18.7 Å². The van der Waals surface area contributed by atoms with Gasteiger partial charge in [0, 0.05) is 24.9 Å². The maximum atomic E-state index is 12.7. The van der Waals surface area contributed by atoms with Crippen molar-refractivity contribution in [2.24, 2.45) is 16.6 Å². The van der Waals surface area contributed by atoms with Crippen LogP contribution < -0.4 is 5.73 Å². The lowest BCUT2D eigenvalue weighted by Crippen LogP contribution is -2.38. The van der Waals surface area contributed by atoms with Crippen LogP contribution in [-0.4, -0.2) is 35.6 Å². The monoisotopic (exact) mass is 351 g/mol. The average Bonchev–Trinajstić information content (AvgIpc) is 3.35. The van der Waals surface area contributed by atoms with Crippen molar-refractivity contribution in [2.45, 2.75) is 44.9 Å². The van der Waals surface area contributed by atoms with E-state index < -0.39 is 12.3 Å². The first-order valence-corrected chi connectivity index (χ1v) is 8.12. The molecule has 25 heavy (non-hydrogen) atoms. The Morgan fingerprint density at radius 2 is 2.08 bits per heavy atom. The van der Waals surface area contributed by atoms with Crippen molar-refractivity contribution in [1.82, 2.24) is 5.06 Å². The molecule has 0 spiro atoms. The maximum Gasteiger partial charge on any atom is 0.347 e. The zero-order valence-electron chi connectivity index (χ0n) is 14.4. The Morgan fingerprint density at radius 1 is 1.44 bits per heavy atom. The van der Waals surface area contributed by atoms with Gasteiger partial charge in [0.25, 0.3) is 0 Å². The first-order chi connectivity index (χ1) is 11.8. The third-order valence-electron chi connectivity index (χ3n) is 3.86. The van der Waals surface area contributed by atoms with Gasteiger partial charge in [0.15, 0.2) is 5.72 Å². The molecule has 2 rings (SSSR count). The van der Waals surface area contributed by atoms with E-state index in [4.69, 9.17) is 5.73 Å².